The van der Waals surface area contributed by atoms with Crippen LogP contribution >= 0.6 is 0 Å². The molecule has 0 saturated carbocycles. The number of rotatable bonds is 6. The Morgan fingerprint density at radius 2 is 1.74 bits per heavy atom. The van der Waals surface area contributed by atoms with Crippen LogP contribution in [0.4, 0.5) is 14.5 Å². The van der Waals surface area contributed by atoms with Crippen molar-refractivity contribution in [3.8, 4) is 22.6 Å². The lowest BCUT2D eigenvalue weighted by Crippen LogP contribution is -2.46. The number of nitrogens with one attached hydrogen (secondary N) is 1. The van der Waals surface area contributed by atoms with Crippen molar-refractivity contribution in [1.82, 2.24) is 9.88 Å². The van der Waals surface area contributed by atoms with Crippen molar-refractivity contribution in [1.29, 1.82) is 0 Å². The number of piperidine rings is 1. The van der Waals surface area contributed by atoms with Crippen LogP contribution in [0, 0.1) is 11.6 Å². The zero-order valence-electron chi connectivity index (χ0n) is 22.4. The normalized spacial score (nSPS) is 17.6. The summed E-state index contributed by atoms with van der Waals surface area (Å²) in [6.07, 6.45) is 6.04. The van der Waals surface area contributed by atoms with E-state index in [1.807, 2.05) is 30.5 Å². The molecule has 1 aliphatic carbocycles. The van der Waals surface area contributed by atoms with Gasteiger partial charge >= 0.3 is 0 Å². The first kappa shape index (κ1) is 25.5. The number of aromatic nitrogens is 1. The summed E-state index contributed by atoms with van der Waals surface area (Å²) >= 11 is 0. The highest BCUT2D eigenvalue weighted by molar-refractivity contribution is 6.07. The van der Waals surface area contributed by atoms with Gasteiger partial charge in [0.25, 0.3) is 0 Å². The third kappa shape index (κ3) is 4.09. The van der Waals surface area contributed by atoms with Crippen LogP contribution in [-0.4, -0.2) is 49.6 Å². The van der Waals surface area contributed by atoms with Gasteiger partial charge in [0.2, 0.25) is 5.91 Å². The van der Waals surface area contributed by atoms with Gasteiger partial charge in [0, 0.05) is 47.5 Å². The van der Waals surface area contributed by atoms with E-state index in [4.69, 9.17) is 9.47 Å². The van der Waals surface area contributed by atoms with Gasteiger partial charge in [-0.05, 0) is 61.3 Å². The molecular weight excluding hydrogens is 500 g/mol. The Labute approximate surface area is 226 Å². The summed E-state index contributed by atoms with van der Waals surface area (Å²) in [6.45, 7) is 4.97. The predicted molar refractivity (Wildman–Crippen MR) is 146 cm³/mol. The molecular formula is C31H31F2N3O3. The Bertz CT molecular complexity index is 1480. The van der Waals surface area contributed by atoms with E-state index in [9.17, 15) is 4.79 Å². The first-order valence-electron chi connectivity index (χ1n) is 13.3. The minimum absolute atomic E-state index is 0.0426. The number of allylic oxidation sites excluding steroid dienone is 2. The molecule has 2 aliphatic heterocycles. The van der Waals surface area contributed by atoms with Crippen molar-refractivity contribution in [2.75, 3.05) is 39.2 Å². The SMILES string of the molecule is CCN1CCC2(CC1)C(=O)Nc1cc(-c3cnc4c(c3)C(Cc3c(F)c(OC)cc(OC)c3F)=CC4)ccc12. The second kappa shape index (κ2) is 9.75. The van der Waals surface area contributed by atoms with Gasteiger partial charge in [-0.3, -0.25) is 9.78 Å². The van der Waals surface area contributed by atoms with Crippen molar-refractivity contribution in [3.05, 3.63) is 76.6 Å². The Hall–Kier alpha value is -3.78. The third-order valence-corrected chi connectivity index (χ3v) is 8.60. The number of pyridine rings is 1. The first-order valence-corrected chi connectivity index (χ1v) is 13.3. The van der Waals surface area contributed by atoms with Crippen LogP contribution in [0.3, 0.4) is 0 Å². The molecule has 1 aromatic heterocycles. The van der Waals surface area contributed by atoms with E-state index in [1.54, 1.807) is 0 Å². The summed E-state index contributed by atoms with van der Waals surface area (Å²) in [6, 6.07) is 9.36. The second-order valence-corrected chi connectivity index (χ2v) is 10.4. The number of benzene rings is 2. The number of amides is 1. The molecule has 0 unspecified atom stereocenters. The highest BCUT2D eigenvalue weighted by atomic mass is 19.1. The molecule has 1 amide bonds. The number of hydrogen-bond donors (Lipinski definition) is 1. The number of methoxy groups -OCH3 is 2. The average molecular weight is 532 g/mol. The van der Waals surface area contributed by atoms with Gasteiger partial charge in [0.1, 0.15) is 0 Å². The molecule has 1 fully saturated rings. The summed E-state index contributed by atoms with van der Waals surface area (Å²) in [4.78, 5) is 20.2. The van der Waals surface area contributed by atoms with E-state index in [0.29, 0.717) is 6.42 Å². The van der Waals surface area contributed by atoms with Gasteiger partial charge in [0.15, 0.2) is 23.1 Å². The molecule has 3 heterocycles. The maximum Gasteiger partial charge on any atom is 0.235 e. The summed E-state index contributed by atoms with van der Waals surface area (Å²) in [5.74, 6) is -1.51. The van der Waals surface area contributed by atoms with Crippen LogP contribution in [0.2, 0.25) is 0 Å². The van der Waals surface area contributed by atoms with Crippen LogP contribution in [0.15, 0.2) is 42.6 Å². The number of halogens is 2. The van der Waals surface area contributed by atoms with Gasteiger partial charge < -0.3 is 19.7 Å². The van der Waals surface area contributed by atoms with Crippen molar-refractivity contribution < 1.29 is 23.0 Å². The first-order chi connectivity index (χ1) is 18.9. The summed E-state index contributed by atoms with van der Waals surface area (Å²) in [5.41, 5.74) is 5.69. The zero-order valence-corrected chi connectivity index (χ0v) is 22.4. The molecule has 8 heteroatoms. The van der Waals surface area contributed by atoms with E-state index < -0.39 is 17.0 Å². The Kier molecular flexibility index (Phi) is 6.38. The van der Waals surface area contributed by atoms with Gasteiger partial charge in [-0.2, -0.15) is 0 Å². The smallest absolute Gasteiger partial charge is 0.235 e. The second-order valence-electron chi connectivity index (χ2n) is 10.4. The minimum atomic E-state index is -0.734. The third-order valence-electron chi connectivity index (χ3n) is 8.60. The number of likely N-dealkylation sites (tertiary alicyclic amines) is 1. The Balaban J connectivity index is 1.31. The summed E-state index contributed by atoms with van der Waals surface area (Å²) in [5, 5.41) is 3.13. The van der Waals surface area contributed by atoms with Crippen molar-refractivity contribution in [2.45, 2.75) is 38.0 Å². The van der Waals surface area contributed by atoms with Crippen molar-refractivity contribution in [3.63, 3.8) is 0 Å². The number of fused-ring (bicyclic) bond motifs is 3. The zero-order chi connectivity index (χ0) is 27.3. The van der Waals surface area contributed by atoms with E-state index >= 15 is 8.78 Å². The molecule has 39 heavy (non-hydrogen) atoms. The largest absolute Gasteiger partial charge is 0.494 e. The molecule has 3 aliphatic rings. The number of nitrogens with zero attached hydrogens (tertiary/aromatic N) is 2. The van der Waals surface area contributed by atoms with E-state index in [-0.39, 0.29) is 29.4 Å². The predicted octanol–water partition coefficient (Wildman–Crippen LogP) is 5.53. The van der Waals surface area contributed by atoms with Crippen LogP contribution in [-0.2, 0) is 23.1 Å². The Morgan fingerprint density at radius 1 is 1.03 bits per heavy atom. The monoisotopic (exact) mass is 531 g/mol. The van der Waals surface area contributed by atoms with E-state index in [2.05, 4.69) is 28.2 Å². The van der Waals surface area contributed by atoms with E-state index in [0.717, 1.165) is 71.7 Å². The van der Waals surface area contributed by atoms with Crippen LogP contribution < -0.4 is 14.8 Å². The van der Waals surface area contributed by atoms with Crippen LogP contribution in [0.5, 0.6) is 11.5 Å². The maximum atomic E-state index is 15.1. The molecule has 1 saturated heterocycles. The molecule has 0 radical (unpaired) electrons. The van der Waals surface area contributed by atoms with Crippen LogP contribution in [0.1, 0.15) is 42.1 Å². The molecule has 6 rings (SSSR count). The molecule has 3 aromatic rings. The molecule has 6 nitrogen and oxygen atoms in total. The molecule has 2 aromatic carbocycles. The lowest BCUT2D eigenvalue weighted by molar-refractivity contribution is -0.122. The van der Waals surface area contributed by atoms with Gasteiger partial charge in [0.05, 0.1) is 25.3 Å². The van der Waals surface area contributed by atoms with Gasteiger partial charge in [-0.25, -0.2) is 8.78 Å². The lowest BCUT2D eigenvalue weighted by atomic mass is 9.73. The molecule has 0 bridgehead atoms. The number of anilines is 1. The van der Waals surface area contributed by atoms with E-state index in [1.165, 1.54) is 20.3 Å². The fraction of sp³-hybridized carbons (Fsp3) is 0.355. The molecule has 1 N–H and O–H groups in total. The maximum absolute atomic E-state index is 15.1. The van der Waals surface area contributed by atoms with Crippen molar-refractivity contribution in [2.24, 2.45) is 0 Å². The fourth-order valence-electron chi connectivity index (χ4n) is 6.23. The lowest BCUT2D eigenvalue weighted by Gasteiger charge is -2.37. The topological polar surface area (TPSA) is 63.7 Å². The fourth-order valence-corrected chi connectivity index (χ4v) is 6.23. The molecule has 0 atom stereocenters. The highest BCUT2D eigenvalue weighted by Gasteiger charge is 2.48. The van der Waals surface area contributed by atoms with Gasteiger partial charge in [-0.15, -0.1) is 0 Å². The average Bonchev–Trinajstić information content (AvgIpc) is 3.48. The Morgan fingerprint density at radius 3 is 2.41 bits per heavy atom. The number of ether oxygens (including phenoxy) is 2. The molecule has 202 valence electrons. The van der Waals surface area contributed by atoms with Crippen molar-refractivity contribution >= 4 is 17.2 Å². The minimum Gasteiger partial charge on any atom is -0.494 e. The summed E-state index contributed by atoms with van der Waals surface area (Å²) < 4.78 is 40.4. The number of hydrogen-bond acceptors (Lipinski definition) is 5. The van der Waals surface area contributed by atoms with Gasteiger partial charge in [-0.1, -0.05) is 25.1 Å². The highest BCUT2D eigenvalue weighted by Crippen LogP contribution is 2.46. The number of carbonyl (C=O) groups excluding carboxylic acids is 1. The quantitative estimate of drug-likeness (QED) is 0.453. The summed E-state index contributed by atoms with van der Waals surface area (Å²) in [7, 11) is 2.68. The van der Waals surface area contributed by atoms with Crippen LogP contribution in [0.25, 0.3) is 16.7 Å². The molecule has 1 spiro atoms. The standard InChI is InChI=1S/C31H31F2N3O3/c1-4-36-11-9-31(10-12-36)23-7-5-18(15-25(23)35-30(31)37)20-14-21-19(6-8-24(21)34-17-20)13-22-28(32)26(38-2)16-27(39-3)29(22)33/h5-7,14-17H,4,8-13H2,1-3H3,(H,35,37). The number of carbonyl (C=O) groups is 1.